The van der Waals surface area contributed by atoms with Crippen LogP contribution in [0.5, 0.6) is 0 Å². The number of amides is 1. The minimum absolute atomic E-state index is 0.0453. The molecule has 0 bridgehead atoms. The van der Waals surface area contributed by atoms with Crippen LogP contribution in [0.3, 0.4) is 0 Å². The molecule has 1 saturated heterocycles. The molecule has 0 spiro atoms. The number of fused-ring (bicyclic) bond motifs is 1. The summed E-state index contributed by atoms with van der Waals surface area (Å²) in [6, 6.07) is 10.1. The molecule has 152 valence electrons. The highest BCUT2D eigenvalue weighted by molar-refractivity contribution is 7.89. The molecule has 1 atom stereocenters. The van der Waals surface area contributed by atoms with Crippen molar-refractivity contribution in [2.24, 2.45) is 5.14 Å². The van der Waals surface area contributed by atoms with E-state index in [0.29, 0.717) is 13.1 Å². The number of likely N-dealkylation sites (tertiary alicyclic amines) is 1. The van der Waals surface area contributed by atoms with Gasteiger partial charge in [0.05, 0.1) is 26.6 Å². The van der Waals surface area contributed by atoms with Crippen molar-refractivity contribution in [2.75, 3.05) is 13.1 Å². The lowest BCUT2D eigenvalue weighted by atomic mass is 9.96. The first-order valence-electron chi connectivity index (χ1n) is 9.00. The number of carbonyl (C=O) groups excluding carboxylic acids is 1. The van der Waals surface area contributed by atoms with E-state index in [1.807, 2.05) is 24.3 Å². The number of carbonyl (C=O) groups is 1. The number of primary sulfonamides is 1. The van der Waals surface area contributed by atoms with Gasteiger partial charge < -0.3 is 9.88 Å². The SMILES string of the molecule is NS(=O)(=O)c1cc(C(=O)N2CCC[C@H](c3nc4ccccc4[nH]3)C2)c(Cl)cc1Cl. The van der Waals surface area contributed by atoms with E-state index in [0.717, 1.165) is 35.8 Å². The van der Waals surface area contributed by atoms with Gasteiger partial charge in [-0.1, -0.05) is 35.3 Å². The molecule has 4 rings (SSSR count). The number of nitrogens with two attached hydrogens (primary N) is 1. The number of nitrogens with zero attached hydrogens (tertiary/aromatic N) is 2. The number of imidazole rings is 1. The van der Waals surface area contributed by atoms with Crippen molar-refractivity contribution in [1.82, 2.24) is 14.9 Å². The van der Waals surface area contributed by atoms with Gasteiger partial charge in [0.15, 0.2) is 0 Å². The van der Waals surface area contributed by atoms with Gasteiger partial charge in [0.2, 0.25) is 10.0 Å². The van der Waals surface area contributed by atoms with E-state index in [4.69, 9.17) is 28.3 Å². The lowest BCUT2D eigenvalue weighted by Gasteiger charge is -2.32. The van der Waals surface area contributed by atoms with Crippen molar-refractivity contribution in [3.8, 4) is 0 Å². The van der Waals surface area contributed by atoms with E-state index >= 15 is 0 Å². The number of hydrogen-bond donors (Lipinski definition) is 2. The molecular weight excluding hydrogens is 435 g/mol. The number of halogens is 2. The maximum atomic E-state index is 13.1. The molecule has 1 aliphatic rings. The number of sulfonamides is 1. The second-order valence-corrected chi connectivity index (χ2v) is 9.38. The molecule has 1 fully saturated rings. The van der Waals surface area contributed by atoms with Crippen LogP contribution in [-0.4, -0.2) is 42.3 Å². The molecule has 29 heavy (non-hydrogen) atoms. The molecule has 1 amide bonds. The van der Waals surface area contributed by atoms with Gasteiger partial charge in [0.25, 0.3) is 5.91 Å². The lowest BCUT2D eigenvalue weighted by molar-refractivity contribution is 0.0705. The number of benzene rings is 2. The summed E-state index contributed by atoms with van der Waals surface area (Å²) in [5.41, 5.74) is 1.89. The van der Waals surface area contributed by atoms with Gasteiger partial charge in [-0.05, 0) is 37.1 Å². The highest BCUT2D eigenvalue weighted by atomic mass is 35.5. The highest BCUT2D eigenvalue weighted by Gasteiger charge is 2.29. The molecule has 2 aromatic carbocycles. The van der Waals surface area contributed by atoms with Crippen molar-refractivity contribution >= 4 is 50.2 Å². The summed E-state index contributed by atoms with van der Waals surface area (Å²) >= 11 is 12.1. The summed E-state index contributed by atoms with van der Waals surface area (Å²) in [5, 5.41) is 5.16. The molecular formula is C19H18Cl2N4O3S. The number of aromatic amines is 1. The van der Waals surface area contributed by atoms with E-state index in [1.54, 1.807) is 4.90 Å². The van der Waals surface area contributed by atoms with E-state index in [2.05, 4.69) is 9.97 Å². The maximum absolute atomic E-state index is 13.1. The van der Waals surface area contributed by atoms with Gasteiger partial charge in [0.1, 0.15) is 10.7 Å². The van der Waals surface area contributed by atoms with Gasteiger partial charge in [0, 0.05) is 19.0 Å². The van der Waals surface area contributed by atoms with Crippen LogP contribution >= 0.6 is 23.2 Å². The van der Waals surface area contributed by atoms with E-state index < -0.39 is 10.0 Å². The average molecular weight is 453 g/mol. The van der Waals surface area contributed by atoms with Gasteiger partial charge >= 0.3 is 0 Å². The zero-order valence-electron chi connectivity index (χ0n) is 15.2. The summed E-state index contributed by atoms with van der Waals surface area (Å²) in [7, 11) is -4.08. The molecule has 1 aliphatic heterocycles. The smallest absolute Gasteiger partial charge is 0.255 e. The highest BCUT2D eigenvalue weighted by Crippen LogP contribution is 2.32. The van der Waals surface area contributed by atoms with Crippen LogP contribution in [0.1, 0.15) is 34.9 Å². The normalized spacial score (nSPS) is 17.6. The zero-order valence-corrected chi connectivity index (χ0v) is 17.6. The van der Waals surface area contributed by atoms with Crippen molar-refractivity contribution in [1.29, 1.82) is 0 Å². The zero-order chi connectivity index (χ0) is 20.8. The second kappa shape index (κ2) is 7.60. The number of para-hydroxylation sites is 2. The van der Waals surface area contributed by atoms with E-state index in [-0.39, 0.29) is 32.3 Å². The third-order valence-corrected chi connectivity index (χ3v) is 6.75. The fraction of sp³-hybridized carbons (Fsp3) is 0.263. The average Bonchev–Trinajstić information content (AvgIpc) is 3.11. The van der Waals surface area contributed by atoms with Crippen LogP contribution in [-0.2, 0) is 10.0 Å². The minimum atomic E-state index is -4.08. The number of H-pyrrole nitrogens is 1. The second-order valence-electron chi connectivity index (χ2n) is 7.04. The van der Waals surface area contributed by atoms with Gasteiger partial charge in [-0.2, -0.15) is 0 Å². The van der Waals surface area contributed by atoms with Gasteiger partial charge in [-0.25, -0.2) is 18.5 Å². The van der Waals surface area contributed by atoms with Crippen LogP contribution in [0, 0.1) is 0 Å². The van der Waals surface area contributed by atoms with Crippen LogP contribution in [0.2, 0.25) is 10.0 Å². The fourth-order valence-electron chi connectivity index (χ4n) is 3.63. The standard InChI is InChI=1S/C19H18Cl2N4O3S/c20-13-9-14(21)17(29(22,27)28)8-12(13)19(26)25-7-3-4-11(10-25)18-23-15-5-1-2-6-16(15)24-18/h1-2,5-6,8-9,11H,3-4,7,10H2,(H,23,24)(H2,22,27,28)/t11-/m0/s1. The lowest BCUT2D eigenvalue weighted by Crippen LogP contribution is -2.39. The van der Waals surface area contributed by atoms with E-state index in [9.17, 15) is 13.2 Å². The van der Waals surface area contributed by atoms with Crippen molar-refractivity contribution in [3.63, 3.8) is 0 Å². The van der Waals surface area contributed by atoms with Crippen LogP contribution in [0.4, 0.5) is 0 Å². The minimum Gasteiger partial charge on any atom is -0.342 e. The molecule has 3 aromatic rings. The Balaban J connectivity index is 1.62. The third-order valence-electron chi connectivity index (χ3n) is 5.06. The molecule has 0 radical (unpaired) electrons. The van der Waals surface area contributed by atoms with Crippen LogP contribution in [0.15, 0.2) is 41.3 Å². The predicted octanol–water partition coefficient (Wildman–Crippen LogP) is 3.54. The molecule has 7 nitrogen and oxygen atoms in total. The van der Waals surface area contributed by atoms with Gasteiger partial charge in [-0.15, -0.1) is 0 Å². The molecule has 10 heteroatoms. The molecule has 0 aliphatic carbocycles. The molecule has 0 unspecified atom stereocenters. The third kappa shape index (κ3) is 3.98. The summed E-state index contributed by atoms with van der Waals surface area (Å²) in [4.78, 5) is 22.4. The predicted molar refractivity (Wildman–Crippen MR) is 112 cm³/mol. The summed E-state index contributed by atoms with van der Waals surface area (Å²) in [6.45, 7) is 0.988. The largest absolute Gasteiger partial charge is 0.342 e. The molecule has 3 N–H and O–H groups in total. The monoisotopic (exact) mass is 452 g/mol. The first-order chi connectivity index (χ1) is 13.7. The number of aromatic nitrogens is 2. The number of nitrogens with one attached hydrogen (secondary N) is 1. The fourth-order valence-corrected chi connectivity index (χ4v) is 5.03. The van der Waals surface area contributed by atoms with E-state index in [1.165, 1.54) is 6.07 Å². The van der Waals surface area contributed by atoms with Crippen molar-refractivity contribution in [2.45, 2.75) is 23.7 Å². The summed E-state index contributed by atoms with van der Waals surface area (Å²) in [6.07, 6.45) is 1.68. The quantitative estimate of drug-likeness (QED) is 0.632. The Morgan fingerprint density at radius 3 is 2.69 bits per heavy atom. The number of rotatable bonds is 3. The van der Waals surface area contributed by atoms with Crippen LogP contribution in [0.25, 0.3) is 11.0 Å². The Hall–Kier alpha value is -2.13. The maximum Gasteiger partial charge on any atom is 0.255 e. The first-order valence-corrected chi connectivity index (χ1v) is 11.3. The molecule has 2 heterocycles. The Kier molecular flexibility index (Phi) is 5.29. The molecule has 0 saturated carbocycles. The number of hydrogen-bond acceptors (Lipinski definition) is 4. The first kappa shape index (κ1) is 20.2. The van der Waals surface area contributed by atoms with Gasteiger partial charge in [-0.3, -0.25) is 4.79 Å². The Bertz CT molecular complexity index is 1180. The van der Waals surface area contributed by atoms with Crippen LogP contribution < -0.4 is 5.14 Å². The Labute approximate surface area is 177 Å². The van der Waals surface area contributed by atoms with Crippen molar-refractivity contribution < 1.29 is 13.2 Å². The Morgan fingerprint density at radius 1 is 1.21 bits per heavy atom. The molecule has 1 aromatic heterocycles. The van der Waals surface area contributed by atoms with Crippen molar-refractivity contribution in [3.05, 3.63) is 57.8 Å². The Morgan fingerprint density at radius 2 is 1.97 bits per heavy atom. The number of piperidine rings is 1. The topological polar surface area (TPSA) is 109 Å². The summed E-state index contributed by atoms with van der Waals surface area (Å²) in [5.74, 6) is 0.511. The summed E-state index contributed by atoms with van der Waals surface area (Å²) < 4.78 is 23.5.